The monoisotopic (exact) mass is 657 g/mol. The number of urea groups is 1. The summed E-state index contributed by atoms with van der Waals surface area (Å²) >= 11 is 0. The molecule has 0 aliphatic rings. The third-order valence-corrected chi connectivity index (χ3v) is 8.63. The molecule has 0 aliphatic carbocycles. The van der Waals surface area contributed by atoms with Gasteiger partial charge in [-0.1, -0.05) is 39.0 Å². The fourth-order valence-electron chi connectivity index (χ4n) is 3.87. The molecule has 5 amide bonds. The molecule has 248 valence electrons. The maximum absolute atomic E-state index is 13.3. The smallest absolute Gasteiger partial charge is 0.346 e. The van der Waals surface area contributed by atoms with Crippen LogP contribution >= 0.6 is 10.9 Å². The Morgan fingerprint density at radius 1 is 0.977 bits per heavy atom. The van der Waals surface area contributed by atoms with Gasteiger partial charge in [-0.15, -0.1) is 0 Å². The van der Waals surface area contributed by atoms with Gasteiger partial charge in [0.05, 0.1) is 5.75 Å². The molecule has 0 bridgehead atoms. The Hall–Kier alpha value is -3.59. The van der Waals surface area contributed by atoms with E-state index in [1.54, 1.807) is 50.6 Å². The predicted octanol–water partition coefficient (Wildman–Crippen LogP) is 2.72. The molecule has 44 heavy (non-hydrogen) atoms. The van der Waals surface area contributed by atoms with Crippen molar-refractivity contribution in [2.75, 3.05) is 30.1 Å². The molecule has 0 saturated carbocycles. The third kappa shape index (κ3) is 15.8. The zero-order chi connectivity index (χ0) is 33.3. The molecule has 0 spiro atoms. The molecule has 0 aromatic heterocycles. The van der Waals surface area contributed by atoms with Crippen LogP contribution in [0.2, 0.25) is 0 Å². The Labute approximate surface area is 262 Å². The lowest BCUT2D eigenvalue weighted by molar-refractivity contribution is -0.132. The number of unbranched alkanes of at least 4 members (excludes halogenated alkanes) is 2. The quantitative estimate of drug-likeness (QED) is 0.0740. The van der Waals surface area contributed by atoms with Gasteiger partial charge in [0.1, 0.15) is 18.7 Å². The van der Waals surface area contributed by atoms with Crippen LogP contribution in [-0.4, -0.2) is 74.4 Å². The fourth-order valence-corrected chi connectivity index (χ4v) is 4.96. The minimum Gasteiger partial charge on any atom is -0.454 e. The Kier molecular flexibility index (Phi) is 17.2. The molecule has 0 unspecified atom stereocenters. The number of hydrogen-bond acceptors (Lipinski definition) is 8. The van der Waals surface area contributed by atoms with Crippen molar-refractivity contribution >= 4 is 55.5 Å². The van der Waals surface area contributed by atoms with Crippen molar-refractivity contribution in [2.45, 2.75) is 71.1 Å². The number of nitrogens with two attached hydrogens (primary N) is 1. The van der Waals surface area contributed by atoms with Gasteiger partial charge in [0.15, 0.2) is 9.84 Å². The van der Waals surface area contributed by atoms with E-state index >= 15 is 0 Å². The molecule has 15 heteroatoms. The number of hydrogen-bond donors (Lipinski definition) is 6. The molecule has 6 N–H and O–H groups in total. The van der Waals surface area contributed by atoms with Gasteiger partial charge >= 0.3 is 11.3 Å². The summed E-state index contributed by atoms with van der Waals surface area (Å²) in [5, 5.41) is 11.3. The van der Waals surface area contributed by atoms with Crippen molar-refractivity contribution < 1.29 is 37.1 Å². The van der Waals surface area contributed by atoms with Gasteiger partial charge in [-0.2, -0.15) is 10.9 Å². The average molecular weight is 658 g/mol. The van der Waals surface area contributed by atoms with Gasteiger partial charge in [0.2, 0.25) is 17.7 Å². The van der Waals surface area contributed by atoms with Crippen LogP contribution in [-0.2, 0) is 35.6 Å². The summed E-state index contributed by atoms with van der Waals surface area (Å²) in [4.78, 5) is 61.8. The SMILES string of the molecule is C=CS(=O)(=O)CCCCCC(=O)N[C@@H](C(=O)N[C@H](CCCNC(N)=O)C(=O)Nc1ccc(COC(=O)[SH](C)C)cc1)C(C)C. The Balaban J connectivity index is 2.83. The van der Waals surface area contributed by atoms with E-state index in [1.165, 1.54) is 0 Å². The van der Waals surface area contributed by atoms with Gasteiger partial charge in [0, 0.05) is 24.1 Å². The highest BCUT2D eigenvalue weighted by atomic mass is 32.2. The fraction of sp³-hybridized carbons (Fsp3) is 0.552. The van der Waals surface area contributed by atoms with E-state index in [1.807, 2.05) is 0 Å². The van der Waals surface area contributed by atoms with Crippen molar-refractivity contribution in [3.05, 3.63) is 41.8 Å². The maximum atomic E-state index is 13.3. The first-order chi connectivity index (χ1) is 20.6. The van der Waals surface area contributed by atoms with Gasteiger partial charge in [-0.3, -0.25) is 14.4 Å². The molecular weight excluding hydrogens is 610 g/mol. The highest BCUT2D eigenvalue weighted by Crippen LogP contribution is 2.19. The van der Waals surface area contributed by atoms with Crippen molar-refractivity contribution in [3.63, 3.8) is 0 Å². The Morgan fingerprint density at radius 3 is 2.20 bits per heavy atom. The van der Waals surface area contributed by atoms with Gasteiger partial charge in [-0.25, -0.2) is 18.0 Å². The van der Waals surface area contributed by atoms with Crippen molar-refractivity contribution in [1.29, 1.82) is 0 Å². The van der Waals surface area contributed by atoms with Gasteiger partial charge < -0.3 is 31.7 Å². The van der Waals surface area contributed by atoms with Crippen molar-refractivity contribution in [3.8, 4) is 0 Å². The second-order valence-corrected chi connectivity index (χ2v) is 15.0. The number of anilines is 1. The topological polar surface area (TPSA) is 203 Å². The van der Waals surface area contributed by atoms with Crippen molar-refractivity contribution in [2.24, 2.45) is 11.7 Å². The molecule has 0 heterocycles. The van der Waals surface area contributed by atoms with Crippen LogP contribution in [0.4, 0.5) is 15.3 Å². The Morgan fingerprint density at radius 2 is 1.64 bits per heavy atom. The number of amides is 5. The van der Waals surface area contributed by atoms with Crippen LogP contribution in [0.5, 0.6) is 0 Å². The van der Waals surface area contributed by atoms with Crippen molar-refractivity contribution in [1.82, 2.24) is 16.0 Å². The second kappa shape index (κ2) is 19.6. The summed E-state index contributed by atoms with van der Waals surface area (Å²) in [7, 11) is -4.14. The summed E-state index contributed by atoms with van der Waals surface area (Å²) < 4.78 is 28.3. The lowest BCUT2D eigenvalue weighted by atomic mass is 10.0. The molecule has 0 fully saturated rings. The summed E-state index contributed by atoms with van der Waals surface area (Å²) in [5.41, 5.74) is 6.32. The molecule has 0 saturated heterocycles. The number of benzene rings is 1. The van der Waals surface area contributed by atoms with Crippen LogP contribution in [0.15, 0.2) is 36.3 Å². The minimum atomic E-state index is -3.29. The van der Waals surface area contributed by atoms with Gasteiger partial charge in [-0.05, 0) is 61.8 Å². The largest absolute Gasteiger partial charge is 0.454 e. The van der Waals surface area contributed by atoms with Crippen LogP contribution < -0.4 is 27.0 Å². The van der Waals surface area contributed by atoms with E-state index in [2.05, 4.69) is 27.8 Å². The van der Waals surface area contributed by atoms with Crippen LogP contribution in [0.3, 0.4) is 0 Å². The third-order valence-electron chi connectivity index (χ3n) is 6.40. The molecular formula is C29H47N5O8S2. The normalized spacial score (nSPS) is 12.8. The number of carbonyl (C=O) groups is 5. The van der Waals surface area contributed by atoms with E-state index < -0.39 is 50.7 Å². The van der Waals surface area contributed by atoms with E-state index in [9.17, 15) is 32.4 Å². The molecule has 1 aromatic carbocycles. The second-order valence-electron chi connectivity index (χ2n) is 10.8. The Bertz CT molecular complexity index is 1240. The molecule has 0 aliphatic heterocycles. The van der Waals surface area contributed by atoms with Crippen LogP contribution in [0, 0.1) is 5.92 Å². The zero-order valence-electron chi connectivity index (χ0n) is 25.9. The average Bonchev–Trinajstić information content (AvgIpc) is 2.96. The number of nitrogens with one attached hydrogen (secondary N) is 4. The number of carbonyl (C=O) groups excluding carboxylic acids is 5. The molecule has 0 radical (unpaired) electrons. The van der Waals surface area contributed by atoms with Crippen LogP contribution in [0.1, 0.15) is 57.9 Å². The standard InChI is InChI=1S/C29H47N5O8S2/c1-6-44(40,41)18-9-7-8-12-24(35)34-25(20(2)3)27(37)33-23(11-10-17-31-28(30)38)26(36)32-22-15-13-21(14-16-22)19-42-29(39)43(4)5/h6,13-16,20,23,25,43H,1,7-12,17-19H2,2-5H3,(H,32,36)(H,33,37)(H,34,35)(H3,30,31,38)/t23-,25-/m1/s1. The number of ether oxygens (including phenoxy) is 1. The lowest BCUT2D eigenvalue weighted by Gasteiger charge is -2.25. The van der Waals surface area contributed by atoms with E-state index in [0.717, 1.165) is 11.0 Å². The summed E-state index contributed by atoms with van der Waals surface area (Å²) in [6.45, 7) is 7.10. The number of sulfone groups is 1. The molecule has 13 nitrogen and oxygen atoms in total. The van der Waals surface area contributed by atoms with Gasteiger partial charge in [0.25, 0.3) is 0 Å². The first-order valence-electron chi connectivity index (χ1n) is 14.4. The molecule has 1 aromatic rings. The number of rotatable bonds is 19. The van der Waals surface area contributed by atoms with E-state index in [0.29, 0.717) is 31.4 Å². The highest BCUT2D eigenvalue weighted by Gasteiger charge is 2.28. The highest BCUT2D eigenvalue weighted by molar-refractivity contribution is 8.28. The number of primary amides is 1. The first-order valence-corrected chi connectivity index (χ1v) is 18.3. The number of thiol groups is 1. The minimum absolute atomic E-state index is 0.0357. The summed E-state index contributed by atoms with van der Waals surface area (Å²) in [6.07, 6.45) is 5.59. The van der Waals surface area contributed by atoms with Crippen LogP contribution in [0.25, 0.3) is 0 Å². The zero-order valence-corrected chi connectivity index (χ0v) is 27.6. The van der Waals surface area contributed by atoms with E-state index in [-0.39, 0.29) is 48.9 Å². The lowest BCUT2D eigenvalue weighted by Crippen LogP contribution is -2.54. The van der Waals surface area contributed by atoms with E-state index in [4.69, 9.17) is 10.5 Å². The molecule has 1 rings (SSSR count). The first kappa shape index (κ1) is 38.4. The molecule has 2 atom stereocenters. The predicted molar refractivity (Wildman–Crippen MR) is 174 cm³/mol. The maximum Gasteiger partial charge on any atom is 0.346 e. The summed E-state index contributed by atoms with van der Waals surface area (Å²) in [6, 6.07) is 4.11. The summed E-state index contributed by atoms with van der Waals surface area (Å²) in [5.74, 6) is -1.74.